The Morgan fingerprint density at radius 1 is 1.05 bits per heavy atom. The van der Waals surface area contributed by atoms with Crippen LogP contribution in [0.1, 0.15) is 5.56 Å². The number of nitrogens with one attached hydrogen (secondary N) is 1. The van der Waals surface area contributed by atoms with Crippen LogP contribution >= 0.6 is 15.9 Å². The predicted molar refractivity (Wildman–Crippen MR) is 86.0 cm³/mol. The largest absolute Gasteiger partial charge is 0.492 e. The Morgan fingerprint density at radius 2 is 1.67 bits per heavy atom. The highest BCUT2D eigenvalue weighted by Gasteiger charge is 2.12. The molecule has 0 amide bonds. The molecule has 4 nitrogen and oxygen atoms in total. The molecule has 0 fully saturated rings. The maximum absolute atomic E-state index is 12.0. The summed E-state index contributed by atoms with van der Waals surface area (Å²) in [6, 6.07) is 14.1. The molecule has 21 heavy (non-hydrogen) atoms. The van der Waals surface area contributed by atoms with Gasteiger partial charge in [-0.25, -0.2) is 13.1 Å². The lowest BCUT2D eigenvalue weighted by Gasteiger charge is -2.09. The first-order chi connectivity index (χ1) is 9.97. The van der Waals surface area contributed by atoms with Gasteiger partial charge >= 0.3 is 0 Å². The van der Waals surface area contributed by atoms with Crippen molar-refractivity contribution in [1.29, 1.82) is 0 Å². The van der Waals surface area contributed by atoms with Gasteiger partial charge in [0.05, 0.1) is 4.90 Å². The summed E-state index contributed by atoms with van der Waals surface area (Å²) in [4.78, 5) is 0.261. The van der Waals surface area contributed by atoms with E-state index in [1.165, 1.54) is 0 Å². The number of ether oxygens (including phenoxy) is 1. The van der Waals surface area contributed by atoms with Crippen molar-refractivity contribution in [2.24, 2.45) is 0 Å². The van der Waals surface area contributed by atoms with Gasteiger partial charge in [-0.2, -0.15) is 0 Å². The monoisotopic (exact) mass is 369 g/mol. The molecule has 0 aromatic heterocycles. The summed E-state index contributed by atoms with van der Waals surface area (Å²) >= 11 is 3.34. The van der Waals surface area contributed by atoms with Gasteiger partial charge < -0.3 is 4.74 Å². The van der Waals surface area contributed by atoms with Crippen LogP contribution in [-0.4, -0.2) is 21.6 Å². The predicted octanol–water partition coefficient (Wildman–Crippen LogP) is 3.11. The smallest absolute Gasteiger partial charge is 0.240 e. The minimum Gasteiger partial charge on any atom is -0.492 e. The Kier molecular flexibility index (Phi) is 5.39. The molecule has 2 aromatic rings. The van der Waals surface area contributed by atoms with Gasteiger partial charge in [-0.3, -0.25) is 0 Å². The molecule has 0 heterocycles. The van der Waals surface area contributed by atoms with E-state index in [0.29, 0.717) is 5.75 Å². The maximum Gasteiger partial charge on any atom is 0.240 e. The number of benzene rings is 2. The molecule has 2 rings (SSSR count). The summed E-state index contributed by atoms with van der Waals surface area (Å²) < 4.78 is 33.0. The number of hydrogen-bond acceptors (Lipinski definition) is 3. The van der Waals surface area contributed by atoms with E-state index < -0.39 is 10.0 Å². The molecule has 0 aliphatic heterocycles. The summed E-state index contributed by atoms with van der Waals surface area (Å²) in [5.41, 5.74) is 1.02. The number of sulfonamides is 1. The zero-order valence-electron chi connectivity index (χ0n) is 11.5. The minimum absolute atomic E-state index is 0.215. The third-order valence-electron chi connectivity index (χ3n) is 2.81. The first kappa shape index (κ1) is 16.0. The van der Waals surface area contributed by atoms with E-state index in [2.05, 4.69) is 20.7 Å². The lowest BCUT2D eigenvalue weighted by molar-refractivity contribution is 0.323. The second-order valence-corrected chi connectivity index (χ2v) is 7.20. The topological polar surface area (TPSA) is 55.4 Å². The number of rotatable bonds is 6. The van der Waals surface area contributed by atoms with Crippen LogP contribution in [0.4, 0.5) is 0 Å². The fourth-order valence-electron chi connectivity index (χ4n) is 1.68. The normalized spacial score (nSPS) is 11.3. The minimum atomic E-state index is -3.48. The van der Waals surface area contributed by atoms with Crippen molar-refractivity contribution in [2.45, 2.75) is 11.8 Å². The van der Waals surface area contributed by atoms with E-state index in [9.17, 15) is 8.42 Å². The molecule has 0 bridgehead atoms. The Balaban J connectivity index is 1.85. The number of halogens is 1. The van der Waals surface area contributed by atoms with E-state index in [4.69, 9.17) is 4.74 Å². The highest BCUT2D eigenvalue weighted by molar-refractivity contribution is 9.10. The van der Waals surface area contributed by atoms with E-state index in [1.54, 1.807) is 24.3 Å². The van der Waals surface area contributed by atoms with Gasteiger partial charge in [-0.05, 0) is 43.3 Å². The highest BCUT2D eigenvalue weighted by atomic mass is 79.9. The quantitative estimate of drug-likeness (QED) is 0.795. The Morgan fingerprint density at radius 3 is 2.29 bits per heavy atom. The number of hydrogen-bond donors (Lipinski definition) is 1. The van der Waals surface area contributed by atoms with Crippen LogP contribution in [0.5, 0.6) is 5.75 Å². The van der Waals surface area contributed by atoms with Crippen molar-refractivity contribution in [1.82, 2.24) is 4.72 Å². The van der Waals surface area contributed by atoms with E-state index >= 15 is 0 Å². The van der Waals surface area contributed by atoms with E-state index in [1.807, 2.05) is 31.2 Å². The first-order valence-corrected chi connectivity index (χ1v) is 8.70. The average Bonchev–Trinajstić information content (AvgIpc) is 2.46. The highest BCUT2D eigenvalue weighted by Crippen LogP contribution is 2.16. The molecule has 0 spiro atoms. The fraction of sp³-hybridized carbons (Fsp3) is 0.200. The first-order valence-electron chi connectivity index (χ1n) is 6.42. The molecular formula is C15H16BrNO3S. The van der Waals surface area contributed by atoms with E-state index in [-0.39, 0.29) is 18.0 Å². The van der Waals surface area contributed by atoms with Crippen LogP contribution in [0, 0.1) is 6.92 Å². The second kappa shape index (κ2) is 7.06. The standard InChI is InChI=1S/C15H16BrNO3S/c1-12-2-8-15(9-3-12)21(18,19)17-10-11-20-14-6-4-13(16)5-7-14/h2-9,17H,10-11H2,1H3. The van der Waals surface area contributed by atoms with Gasteiger partial charge in [0.2, 0.25) is 10.0 Å². The van der Waals surface area contributed by atoms with Crippen molar-refractivity contribution in [3.63, 3.8) is 0 Å². The van der Waals surface area contributed by atoms with Gasteiger partial charge in [-0.15, -0.1) is 0 Å². The molecule has 0 atom stereocenters. The molecule has 112 valence electrons. The molecule has 6 heteroatoms. The van der Waals surface area contributed by atoms with Gasteiger partial charge in [-0.1, -0.05) is 33.6 Å². The van der Waals surface area contributed by atoms with Crippen molar-refractivity contribution in [3.05, 3.63) is 58.6 Å². The summed E-state index contributed by atoms with van der Waals surface area (Å²) in [5.74, 6) is 0.702. The fourth-order valence-corrected chi connectivity index (χ4v) is 2.95. The summed E-state index contributed by atoms with van der Waals surface area (Å²) in [7, 11) is -3.48. The van der Waals surface area contributed by atoms with Crippen LogP contribution in [-0.2, 0) is 10.0 Å². The summed E-state index contributed by atoms with van der Waals surface area (Å²) in [6.07, 6.45) is 0. The van der Waals surface area contributed by atoms with Crippen LogP contribution in [0.25, 0.3) is 0 Å². The Labute approximate surface area is 133 Å². The molecule has 0 aliphatic rings. The van der Waals surface area contributed by atoms with Gasteiger partial charge in [0.25, 0.3) is 0 Å². The van der Waals surface area contributed by atoms with Crippen molar-refractivity contribution >= 4 is 26.0 Å². The average molecular weight is 370 g/mol. The molecule has 2 aromatic carbocycles. The lowest BCUT2D eigenvalue weighted by Crippen LogP contribution is -2.28. The SMILES string of the molecule is Cc1ccc(S(=O)(=O)NCCOc2ccc(Br)cc2)cc1. The van der Waals surface area contributed by atoms with Gasteiger partial charge in [0.15, 0.2) is 0 Å². The van der Waals surface area contributed by atoms with Crippen LogP contribution in [0.3, 0.4) is 0 Å². The molecule has 0 saturated heterocycles. The summed E-state index contributed by atoms with van der Waals surface area (Å²) in [6.45, 7) is 2.40. The van der Waals surface area contributed by atoms with Gasteiger partial charge in [0.1, 0.15) is 12.4 Å². The third kappa shape index (κ3) is 4.84. The van der Waals surface area contributed by atoms with Gasteiger partial charge in [0, 0.05) is 11.0 Å². The molecule has 0 saturated carbocycles. The molecular weight excluding hydrogens is 354 g/mol. The molecule has 0 unspecified atom stereocenters. The van der Waals surface area contributed by atoms with Crippen LogP contribution in [0.2, 0.25) is 0 Å². The zero-order valence-corrected chi connectivity index (χ0v) is 13.9. The van der Waals surface area contributed by atoms with Crippen molar-refractivity contribution in [3.8, 4) is 5.75 Å². The van der Waals surface area contributed by atoms with Crippen molar-refractivity contribution in [2.75, 3.05) is 13.2 Å². The molecule has 1 N–H and O–H groups in total. The molecule has 0 aliphatic carbocycles. The number of aryl methyl sites for hydroxylation is 1. The summed E-state index contributed by atoms with van der Waals surface area (Å²) in [5, 5.41) is 0. The Hall–Kier alpha value is -1.37. The Bertz CT molecular complexity index is 682. The molecule has 0 radical (unpaired) electrons. The second-order valence-electron chi connectivity index (χ2n) is 4.51. The maximum atomic E-state index is 12.0. The lowest BCUT2D eigenvalue weighted by atomic mass is 10.2. The zero-order chi connectivity index (χ0) is 15.3. The third-order valence-corrected chi connectivity index (χ3v) is 4.81. The van der Waals surface area contributed by atoms with Crippen LogP contribution < -0.4 is 9.46 Å². The van der Waals surface area contributed by atoms with E-state index in [0.717, 1.165) is 10.0 Å². The van der Waals surface area contributed by atoms with Crippen molar-refractivity contribution < 1.29 is 13.2 Å². The van der Waals surface area contributed by atoms with Crippen LogP contribution in [0.15, 0.2) is 57.9 Å².